The molecule has 1 fully saturated rings. The van der Waals surface area contributed by atoms with E-state index >= 15 is 0 Å². The largest absolute Gasteiger partial charge is 0.394 e. The van der Waals surface area contributed by atoms with Gasteiger partial charge in [0.05, 0.1) is 16.3 Å². The van der Waals surface area contributed by atoms with Crippen LogP contribution in [0.25, 0.3) is 0 Å². The van der Waals surface area contributed by atoms with Gasteiger partial charge in [-0.05, 0) is 22.6 Å². The molecule has 0 aromatic carbocycles. The number of hydrogen-bond acceptors (Lipinski definition) is 5. The predicted molar refractivity (Wildman–Crippen MR) is 65.7 cm³/mol. The Bertz CT molecular complexity index is 525. The molecule has 1 aliphatic rings. The molecule has 1 aliphatic heterocycles. The van der Waals surface area contributed by atoms with Crippen LogP contribution in [0.15, 0.2) is 15.8 Å². The number of halogens is 1. The molecule has 0 saturated carbocycles. The lowest BCUT2D eigenvalue weighted by Gasteiger charge is -2.14. The van der Waals surface area contributed by atoms with E-state index < -0.39 is 29.7 Å². The fourth-order valence-corrected chi connectivity index (χ4v) is 2.16. The number of aromatic nitrogens is 2. The normalized spacial score (nSPS) is 28.5. The summed E-state index contributed by atoms with van der Waals surface area (Å²) in [5.41, 5.74) is -1.05. The molecular weight excluding hydrogens is 343 g/mol. The van der Waals surface area contributed by atoms with Crippen LogP contribution in [0.3, 0.4) is 0 Å². The lowest BCUT2D eigenvalue weighted by Crippen LogP contribution is -2.33. The lowest BCUT2D eigenvalue weighted by molar-refractivity contribution is -0.0459. The monoisotopic (exact) mass is 354 g/mol. The third kappa shape index (κ3) is 2.44. The second kappa shape index (κ2) is 4.88. The fraction of sp³-hybridized carbons (Fsp3) is 0.556. The Hall–Kier alpha value is -0.710. The van der Waals surface area contributed by atoms with E-state index in [2.05, 4.69) is 4.98 Å². The van der Waals surface area contributed by atoms with Gasteiger partial charge in [0, 0.05) is 12.6 Å². The number of aliphatic hydroxyl groups excluding tert-OH is 2. The van der Waals surface area contributed by atoms with Crippen LogP contribution in [-0.4, -0.2) is 38.6 Å². The van der Waals surface area contributed by atoms with Crippen LogP contribution in [0.1, 0.15) is 12.6 Å². The number of nitrogens with one attached hydrogen (secondary N) is 1. The van der Waals surface area contributed by atoms with Gasteiger partial charge in [0.25, 0.3) is 5.56 Å². The standard InChI is InChI=1S/C9H11IN2O5/c10-4-2-12(9(16)11-8(4)15)7-1-5(14)6(3-13)17-7/h2,5-7,13-14H,1,3H2,(H,11,15,16)/t5-,6+,7-/m1/s1. The van der Waals surface area contributed by atoms with E-state index in [0.29, 0.717) is 3.57 Å². The van der Waals surface area contributed by atoms with Crippen molar-refractivity contribution in [3.63, 3.8) is 0 Å². The summed E-state index contributed by atoms with van der Waals surface area (Å²) in [6, 6.07) is 0. The summed E-state index contributed by atoms with van der Waals surface area (Å²) in [4.78, 5) is 24.9. The second-order valence-electron chi connectivity index (χ2n) is 3.76. The SMILES string of the molecule is O=c1[nH]c(=O)n([C@H]2C[C@@H](O)[C@H](CO)O2)cc1I. The van der Waals surface area contributed by atoms with Gasteiger partial charge in [-0.15, -0.1) is 0 Å². The molecule has 0 aliphatic carbocycles. The molecule has 3 atom stereocenters. The Morgan fingerprint density at radius 1 is 1.59 bits per heavy atom. The minimum Gasteiger partial charge on any atom is -0.394 e. The van der Waals surface area contributed by atoms with Crippen molar-refractivity contribution < 1.29 is 14.9 Å². The summed E-state index contributed by atoms with van der Waals surface area (Å²) in [5.74, 6) is 0. The molecular formula is C9H11IN2O5. The summed E-state index contributed by atoms with van der Waals surface area (Å²) in [6.07, 6.45) is -0.607. The number of H-pyrrole nitrogens is 1. The highest BCUT2D eigenvalue weighted by molar-refractivity contribution is 14.1. The van der Waals surface area contributed by atoms with E-state index in [9.17, 15) is 14.7 Å². The highest BCUT2D eigenvalue weighted by Crippen LogP contribution is 2.27. The van der Waals surface area contributed by atoms with Gasteiger partial charge in [-0.1, -0.05) is 0 Å². The number of hydrogen-bond donors (Lipinski definition) is 3. The fourth-order valence-electron chi connectivity index (χ4n) is 1.72. The molecule has 0 spiro atoms. The summed E-state index contributed by atoms with van der Waals surface area (Å²) >= 11 is 1.80. The van der Waals surface area contributed by atoms with Crippen molar-refractivity contribution >= 4 is 22.6 Å². The summed E-state index contributed by atoms with van der Waals surface area (Å²) in [6.45, 7) is -0.313. The highest BCUT2D eigenvalue weighted by atomic mass is 127. The van der Waals surface area contributed by atoms with Gasteiger partial charge in [0.15, 0.2) is 0 Å². The van der Waals surface area contributed by atoms with Crippen LogP contribution in [0.2, 0.25) is 0 Å². The van der Waals surface area contributed by atoms with Crippen molar-refractivity contribution in [2.75, 3.05) is 6.61 Å². The second-order valence-corrected chi connectivity index (χ2v) is 4.92. The van der Waals surface area contributed by atoms with E-state index in [4.69, 9.17) is 9.84 Å². The molecule has 0 radical (unpaired) electrons. The minimum absolute atomic E-state index is 0.202. The van der Waals surface area contributed by atoms with Crippen LogP contribution in [0.5, 0.6) is 0 Å². The molecule has 0 amide bonds. The van der Waals surface area contributed by atoms with Crippen molar-refractivity contribution in [2.45, 2.75) is 24.9 Å². The Labute approximate surface area is 109 Å². The first-order valence-corrected chi connectivity index (χ1v) is 6.06. The molecule has 1 aromatic rings. The van der Waals surface area contributed by atoms with Gasteiger partial charge in [0.2, 0.25) is 0 Å². The Morgan fingerprint density at radius 2 is 2.29 bits per heavy atom. The molecule has 8 heteroatoms. The van der Waals surface area contributed by atoms with Gasteiger partial charge in [0.1, 0.15) is 12.3 Å². The highest BCUT2D eigenvalue weighted by Gasteiger charge is 2.34. The first-order chi connectivity index (χ1) is 8.02. The number of ether oxygens (including phenoxy) is 1. The molecule has 0 unspecified atom stereocenters. The third-order valence-electron chi connectivity index (χ3n) is 2.62. The minimum atomic E-state index is -0.818. The van der Waals surface area contributed by atoms with E-state index in [1.54, 1.807) is 22.6 Å². The molecule has 1 saturated heterocycles. The zero-order valence-corrected chi connectivity index (χ0v) is 10.8. The number of aliphatic hydroxyl groups is 2. The smallest absolute Gasteiger partial charge is 0.330 e. The summed E-state index contributed by atoms with van der Waals surface area (Å²) < 4.78 is 6.89. The van der Waals surface area contributed by atoms with E-state index in [1.807, 2.05) is 0 Å². The first-order valence-electron chi connectivity index (χ1n) is 4.98. The number of aromatic amines is 1. The molecule has 2 heterocycles. The number of nitrogens with zero attached hydrogens (tertiary/aromatic N) is 1. The Morgan fingerprint density at radius 3 is 2.88 bits per heavy atom. The van der Waals surface area contributed by atoms with Gasteiger partial charge in [-0.25, -0.2) is 4.79 Å². The van der Waals surface area contributed by atoms with Gasteiger partial charge in [-0.2, -0.15) is 0 Å². The van der Waals surface area contributed by atoms with Gasteiger partial charge >= 0.3 is 5.69 Å². The zero-order valence-electron chi connectivity index (χ0n) is 8.67. The Kier molecular flexibility index (Phi) is 3.66. The molecule has 17 heavy (non-hydrogen) atoms. The van der Waals surface area contributed by atoms with Crippen LogP contribution >= 0.6 is 22.6 Å². The Balaban J connectivity index is 2.34. The molecule has 7 nitrogen and oxygen atoms in total. The summed E-state index contributed by atoms with van der Waals surface area (Å²) in [5, 5.41) is 18.5. The van der Waals surface area contributed by atoms with Crippen molar-refractivity contribution in [1.82, 2.24) is 9.55 Å². The maximum atomic E-state index is 11.6. The van der Waals surface area contributed by atoms with Crippen molar-refractivity contribution in [3.05, 3.63) is 30.6 Å². The maximum Gasteiger partial charge on any atom is 0.330 e. The molecule has 1 aromatic heterocycles. The maximum absolute atomic E-state index is 11.6. The topological polar surface area (TPSA) is 105 Å². The average Bonchev–Trinajstić information content (AvgIpc) is 2.65. The van der Waals surface area contributed by atoms with Crippen LogP contribution in [0.4, 0.5) is 0 Å². The predicted octanol–water partition coefficient (Wildman–Crippen LogP) is -1.22. The summed E-state index contributed by atoms with van der Waals surface area (Å²) in [7, 11) is 0. The molecule has 94 valence electrons. The lowest BCUT2D eigenvalue weighted by atomic mass is 10.2. The quantitative estimate of drug-likeness (QED) is 0.578. The van der Waals surface area contributed by atoms with E-state index in [0.717, 1.165) is 0 Å². The average molecular weight is 354 g/mol. The van der Waals surface area contributed by atoms with Crippen LogP contribution in [-0.2, 0) is 4.74 Å². The molecule has 0 bridgehead atoms. The van der Waals surface area contributed by atoms with E-state index in [1.165, 1.54) is 10.8 Å². The number of rotatable bonds is 2. The molecule has 2 rings (SSSR count). The zero-order chi connectivity index (χ0) is 12.6. The van der Waals surface area contributed by atoms with E-state index in [-0.39, 0.29) is 13.0 Å². The van der Waals surface area contributed by atoms with Crippen molar-refractivity contribution in [3.8, 4) is 0 Å². The first kappa shape index (κ1) is 12.7. The van der Waals surface area contributed by atoms with Crippen LogP contribution in [0, 0.1) is 3.57 Å². The van der Waals surface area contributed by atoms with Crippen LogP contribution < -0.4 is 11.2 Å². The van der Waals surface area contributed by atoms with Gasteiger partial charge < -0.3 is 14.9 Å². The van der Waals surface area contributed by atoms with Crippen molar-refractivity contribution in [1.29, 1.82) is 0 Å². The van der Waals surface area contributed by atoms with Crippen molar-refractivity contribution in [2.24, 2.45) is 0 Å². The van der Waals surface area contributed by atoms with Gasteiger partial charge in [-0.3, -0.25) is 14.3 Å². The molecule has 3 N–H and O–H groups in total. The third-order valence-corrected chi connectivity index (χ3v) is 3.39.